The molecule has 0 saturated carbocycles. The zero-order valence-electron chi connectivity index (χ0n) is 14.0. The molecule has 0 unspecified atom stereocenters. The van der Waals surface area contributed by atoms with Gasteiger partial charge in [-0.25, -0.2) is 0 Å². The van der Waals surface area contributed by atoms with E-state index >= 15 is 0 Å². The first kappa shape index (κ1) is 17.7. The normalized spacial score (nSPS) is 12.3. The molecule has 1 N–H and O–H groups in total. The predicted molar refractivity (Wildman–Crippen MR) is 107 cm³/mol. The molecule has 2 aromatic rings. The van der Waals surface area contributed by atoms with E-state index in [1.807, 2.05) is 25.1 Å². The Hall–Kier alpha value is -1.65. The molecule has 0 bridgehead atoms. The van der Waals surface area contributed by atoms with Crippen LogP contribution >= 0.6 is 23.5 Å². The molecule has 2 nitrogen and oxygen atoms in total. The minimum atomic E-state index is 0.984. The van der Waals surface area contributed by atoms with Crippen LogP contribution < -0.4 is 5.32 Å². The Morgan fingerprint density at radius 1 is 0.913 bits per heavy atom. The van der Waals surface area contributed by atoms with Gasteiger partial charge < -0.3 is 5.32 Å². The van der Waals surface area contributed by atoms with Crippen molar-refractivity contribution in [2.75, 3.05) is 17.8 Å². The predicted octanol–water partition coefficient (Wildman–Crippen LogP) is 6.24. The lowest BCUT2D eigenvalue weighted by Gasteiger charge is -2.10. The molecule has 2 rings (SSSR count). The van der Waals surface area contributed by atoms with Gasteiger partial charge >= 0.3 is 0 Å². The maximum Gasteiger partial charge on any atom is 0.0768 e. The fourth-order valence-corrected chi connectivity index (χ4v) is 3.35. The van der Waals surface area contributed by atoms with Crippen LogP contribution in [0.5, 0.6) is 0 Å². The van der Waals surface area contributed by atoms with Gasteiger partial charge in [0, 0.05) is 21.2 Å². The Morgan fingerprint density at radius 2 is 1.52 bits per heavy atom. The van der Waals surface area contributed by atoms with Crippen LogP contribution in [0.3, 0.4) is 0 Å². The topological polar surface area (TPSA) is 24.4 Å². The number of para-hydroxylation sites is 2. The third kappa shape index (κ3) is 5.19. The van der Waals surface area contributed by atoms with Gasteiger partial charge in [0.2, 0.25) is 0 Å². The summed E-state index contributed by atoms with van der Waals surface area (Å²) in [5.74, 6) is 0. The van der Waals surface area contributed by atoms with E-state index in [0.717, 1.165) is 22.8 Å². The van der Waals surface area contributed by atoms with Crippen molar-refractivity contribution >= 4 is 40.6 Å². The van der Waals surface area contributed by atoms with Crippen LogP contribution in [0.25, 0.3) is 0 Å². The molecule has 0 aliphatic carbocycles. The number of benzene rings is 2. The van der Waals surface area contributed by atoms with Crippen molar-refractivity contribution < 1.29 is 0 Å². The molecule has 0 atom stereocenters. The molecule has 2 aromatic carbocycles. The van der Waals surface area contributed by atoms with Crippen molar-refractivity contribution in [1.82, 2.24) is 0 Å². The Bertz CT molecular complexity index is 721. The van der Waals surface area contributed by atoms with Gasteiger partial charge in [-0.2, -0.15) is 0 Å². The summed E-state index contributed by atoms with van der Waals surface area (Å²) >= 11 is 3.46. The van der Waals surface area contributed by atoms with E-state index in [9.17, 15) is 0 Å². The largest absolute Gasteiger partial charge is 0.358 e. The molecule has 4 heteroatoms. The summed E-state index contributed by atoms with van der Waals surface area (Å²) in [5, 5.41) is 3.46. The van der Waals surface area contributed by atoms with Crippen LogP contribution in [0.15, 0.2) is 75.1 Å². The molecule has 120 valence electrons. The Balaban J connectivity index is 2.18. The zero-order valence-corrected chi connectivity index (χ0v) is 15.6. The van der Waals surface area contributed by atoms with Gasteiger partial charge in [0.05, 0.1) is 11.4 Å². The summed E-state index contributed by atoms with van der Waals surface area (Å²) in [7, 11) is 0. The van der Waals surface area contributed by atoms with Crippen molar-refractivity contribution in [2.24, 2.45) is 4.99 Å². The van der Waals surface area contributed by atoms with Gasteiger partial charge in [0.15, 0.2) is 0 Å². The maximum atomic E-state index is 4.73. The van der Waals surface area contributed by atoms with Crippen LogP contribution in [0.4, 0.5) is 11.4 Å². The van der Waals surface area contributed by atoms with E-state index in [1.165, 1.54) is 9.79 Å². The van der Waals surface area contributed by atoms with E-state index < -0.39 is 0 Å². The molecule has 23 heavy (non-hydrogen) atoms. The van der Waals surface area contributed by atoms with Crippen molar-refractivity contribution in [3.8, 4) is 0 Å². The van der Waals surface area contributed by atoms with Crippen molar-refractivity contribution in [2.45, 2.75) is 23.6 Å². The summed E-state index contributed by atoms with van der Waals surface area (Å²) in [5.41, 5.74) is 4.21. The smallest absolute Gasteiger partial charge is 0.0768 e. The molecule has 0 spiro atoms. The molecular weight excluding hydrogens is 320 g/mol. The number of nitrogens with one attached hydrogen (secondary N) is 1. The van der Waals surface area contributed by atoms with Crippen LogP contribution in [-0.4, -0.2) is 18.2 Å². The second-order valence-corrected chi connectivity index (χ2v) is 6.77. The monoisotopic (exact) mass is 342 g/mol. The lowest BCUT2D eigenvalue weighted by Crippen LogP contribution is -1.99. The van der Waals surface area contributed by atoms with Gasteiger partial charge in [-0.1, -0.05) is 24.3 Å². The third-order valence-electron chi connectivity index (χ3n) is 3.25. The first-order valence-electron chi connectivity index (χ1n) is 7.40. The van der Waals surface area contributed by atoms with E-state index in [1.54, 1.807) is 23.5 Å². The SMILES string of the molecule is CSc1ccccc1/N=C(C)/C=C(/C)Nc1ccccc1SC. The van der Waals surface area contributed by atoms with Crippen LogP contribution in [0.1, 0.15) is 13.8 Å². The molecular formula is C19H22N2S2. The lowest BCUT2D eigenvalue weighted by molar-refractivity contribution is 1.32. The van der Waals surface area contributed by atoms with Gasteiger partial charge in [-0.15, -0.1) is 23.5 Å². The molecule has 0 heterocycles. The highest BCUT2D eigenvalue weighted by atomic mass is 32.2. The first-order chi connectivity index (χ1) is 11.1. The molecule has 0 fully saturated rings. The van der Waals surface area contributed by atoms with E-state index in [0.29, 0.717) is 0 Å². The van der Waals surface area contributed by atoms with Crippen LogP contribution in [0.2, 0.25) is 0 Å². The second-order valence-electron chi connectivity index (χ2n) is 5.08. The maximum absolute atomic E-state index is 4.73. The molecule has 0 aliphatic rings. The fourth-order valence-electron chi connectivity index (χ4n) is 2.25. The summed E-state index contributed by atoms with van der Waals surface area (Å²) in [6, 6.07) is 16.5. The Morgan fingerprint density at radius 3 is 2.22 bits per heavy atom. The Kier molecular flexibility index (Phi) is 6.81. The third-order valence-corrected chi connectivity index (χ3v) is 4.83. The minimum Gasteiger partial charge on any atom is -0.358 e. The highest BCUT2D eigenvalue weighted by molar-refractivity contribution is 7.99. The van der Waals surface area contributed by atoms with Crippen LogP contribution in [-0.2, 0) is 0 Å². The number of aliphatic imine (C=N–C) groups is 1. The van der Waals surface area contributed by atoms with Gasteiger partial charge in [-0.3, -0.25) is 4.99 Å². The van der Waals surface area contributed by atoms with Gasteiger partial charge in [0.25, 0.3) is 0 Å². The average Bonchev–Trinajstić information content (AvgIpc) is 2.55. The standard InChI is InChI=1S/C19H22N2S2/c1-14(20-16-9-5-7-11-18(16)22-3)13-15(2)21-17-10-6-8-12-19(17)23-4/h5-13,20H,1-4H3/b14-13-,21-15+. The number of hydrogen-bond donors (Lipinski definition) is 1. The quantitative estimate of drug-likeness (QED) is 0.497. The summed E-state index contributed by atoms with van der Waals surface area (Å²) in [6.45, 7) is 4.10. The van der Waals surface area contributed by atoms with E-state index in [4.69, 9.17) is 4.99 Å². The molecule has 0 aromatic heterocycles. The van der Waals surface area contributed by atoms with Crippen molar-refractivity contribution in [1.29, 1.82) is 0 Å². The minimum absolute atomic E-state index is 0.984. The van der Waals surface area contributed by atoms with E-state index in [-0.39, 0.29) is 0 Å². The van der Waals surface area contributed by atoms with Gasteiger partial charge in [-0.05, 0) is 56.7 Å². The first-order valence-corrected chi connectivity index (χ1v) is 9.85. The summed E-state index contributed by atoms with van der Waals surface area (Å²) in [4.78, 5) is 7.16. The average molecular weight is 343 g/mol. The second kappa shape index (κ2) is 8.85. The van der Waals surface area contributed by atoms with Gasteiger partial charge in [0.1, 0.15) is 0 Å². The molecule has 0 radical (unpaired) electrons. The van der Waals surface area contributed by atoms with Crippen molar-refractivity contribution in [3.05, 3.63) is 60.3 Å². The highest BCUT2D eigenvalue weighted by Gasteiger charge is 2.01. The fraction of sp³-hybridized carbons (Fsp3) is 0.211. The number of nitrogens with zero attached hydrogens (tertiary/aromatic N) is 1. The van der Waals surface area contributed by atoms with Crippen molar-refractivity contribution in [3.63, 3.8) is 0 Å². The number of hydrogen-bond acceptors (Lipinski definition) is 4. The van der Waals surface area contributed by atoms with Crippen LogP contribution in [0, 0.1) is 0 Å². The van der Waals surface area contributed by atoms with E-state index in [2.05, 4.69) is 61.2 Å². The molecule has 0 saturated heterocycles. The summed E-state index contributed by atoms with van der Waals surface area (Å²) in [6.07, 6.45) is 6.24. The summed E-state index contributed by atoms with van der Waals surface area (Å²) < 4.78 is 0. The number of rotatable bonds is 6. The number of allylic oxidation sites excluding steroid dienone is 2. The molecule has 0 amide bonds. The molecule has 0 aliphatic heterocycles. The zero-order chi connectivity index (χ0) is 16.7. The number of anilines is 1. The lowest BCUT2D eigenvalue weighted by atomic mass is 10.2. The Labute approximate surface area is 147 Å². The highest BCUT2D eigenvalue weighted by Crippen LogP contribution is 2.28. The number of thioether (sulfide) groups is 2.